The van der Waals surface area contributed by atoms with Crippen LogP contribution in [0.5, 0.6) is 0 Å². The smallest absolute Gasteiger partial charge is 0.206 e. The summed E-state index contributed by atoms with van der Waals surface area (Å²) in [5.41, 5.74) is -0.0453. The fourth-order valence-electron chi connectivity index (χ4n) is 2.54. The molecule has 2 atom stereocenters. The average molecular weight is 290 g/mol. The van der Waals surface area contributed by atoms with Crippen LogP contribution in [-0.4, -0.2) is 16.2 Å². The molecule has 0 saturated heterocycles. The first kappa shape index (κ1) is 19.2. The molecule has 0 aliphatic rings. The highest BCUT2D eigenvalue weighted by atomic mass is 31.2. The largest absolute Gasteiger partial charge is 0.344 e. The second-order valence-electron chi connectivity index (χ2n) is 6.07. The first-order valence-electron chi connectivity index (χ1n) is 8.28. The Hall–Kier alpha value is 0.190. The second-order valence-corrected chi connectivity index (χ2v) is 9.18. The van der Waals surface area contributed by atoms with Gasteiger partial charge in [-0.15, -0.1) is 0 Å². The molecule has 0 fully saturated rings. The lowest BCUT2D eigenvalue weighted by Crippen LogP contribution is -2.14. The fraction of sp³-hybridized carbons (Fsp3) is 1.00. The summed E-state index contributed by atoms with van der Waals surface area (Å²) in [6.07, 6.45) is 11.4. The van der Waals surface area contributed by atoms with Crippen LogP contribution in [0.25, 0.3) is 0 Å². The van der Waals surface area contributed by atoms with Crippen LogP contribution < -0.4 is 0 Å². The summed E-state index contributed by atoms with van der Waals surface area (Å²) in [6.45, 7) is 8.32. The van der Waals surface area contributed by atoms with Crippen LogP contribution >= 0.6 is 7.37 Å². The van der Waals surface area contributed by atoms with Crippen LogP contribution in [0, 0.1) is 0 Å². The van der Waals surface area contributed by atoms with E-state index in [4.69, 9.17) is 0 Å². The maximum Gasteiger partial charge on any atom is 0.206 e. The molecule has 3 heteroatoms. The van der Waals surface area contributed by atoms with Crippen LogP contribution in [0.2, 0.25) is 0 Å². The summed E-state index contributed by atoms with van der Waals surface area (Å²) in [5, 5.41) is 0. The van der Waals surface area contributed by atoms with Gasteiger partial charge in [-0.05, 0) is 12.8 Å². The van der Waals surface area contributed by atoms with Crippen LogP contribution in [-0.2, 0) is 4.57 Å². The zero-order valence-corrected chi connectivity index (χ0v) is 14.4. The Morgan fingerprint density at radius 1 is 0.789 bits per heavy atom. The normalized spacial score (nSPS) is 17.9. The molecule has 0 heterocycles. The first-order chi connectivity index (χ1) is 8.96. The molecule has 0 aromatic carbocycles. The van der Waals surface area contributed by atoms with E-state index in [0.29, 0.717) is 0 Å². The van der Waals surface area contributed by atoms with Crippen molar-refractivity contribution in [3.63, 3.8) is 0 Å². The molecule has 0 aliphatic heterocycles. The van der Waals surface area contributed by atoms with Crippen molar-refractivity contribution in [1.29, 1.82) is 0 Å². The predicted molar refractivity (Wildman–Crippen MR) is 86.3 cm³/mol. The second kappa shape index (κ2) is 10.9. The van der Waals surface area contributed by atoms with E-state index in [1.54, 1.807) is 0 Å². The molecule has 0 aromatic heterocycles. The third-order valence-corrected chi connectivity index (χ3v) is 7.26. The van der Waals surface area contributed by atoms with E-state index in [1.807, 2.05) is 13.8 Å². The molecule has 0 spiro atoms. The molecule has 0 bridgehead atoms. The molecule has 0 aliphatic carbocycles. The number of hydrogen-bond acceptors (Lipinski definition) is 1. The van der Waals surface area contributed by atoms with Gasteiger partial charge in [-0.3, -0.25) is 4.57 Å². The van der Waals surface area contributed by atoms with E-state index in [-0.39, 0.29) is 11.3 Å². The van der Waals surface area contributed by atoms with E-state index in [1.165, 1.54) is 38.5 Å². The summed E-state index contributed by atoms with van der Waals surface area (Å²) in [6, 6.07) is 0. The Kier molecular flexibility index (Phi) is 11.0. The Balaban J connectivity index is 4.00. The van der Waals surface area contributed by atoms with Gasteiger partial charge >= 0.3 is 0 Å². The Bertz CT molecular complexity index is 231. The molecule has 0 amide bonds. The molecule has 0 radical (unpaired) electrons. The zero-order chi connectivity index (χ0) is 14.7. The van der Waals surface area contributed by atoms with Crippen molar-refractivity contribution in [3.05, 3.63) is 0 Å². The van der Waals surface area contributed by atoms with Gasteiger partial charge in [-0.1, -0.05) is 79.1 Å². The van der Waals surface area contributed by atoms with Crippen molar-refractivity contribution in [1.82, 2.24) is 0 Å². The minimum atomic E-state index is -2.97. The lowest BCUT2D eigenvalue weighted by atomic mass is 10.1. The van der Waals surface area contributed by atoms with Gasteiger partial charge in [0.2, 0.25) is 7.37 Å². The van der Waals surface area contributed by atoms with Gasteiger partial charge in [0, 0.05) is 11.3 Å². The SMILES string of the molecule is CCCCCCC(C)P(=O)(O)C(C)CCCCCC. The van der Waals surface area contributed by atoms with Crippen molar-refractivity contribution < 1.29 is 9.46 Å². The molecule has 2 nitrogen and oxygen atoms in total. The molecule has 116 valence electrons. The van der Waals surface area contributed by atoms with Crippen LogP contribution in [0.1, 0.15) is 91.9 Å². The Labute approximate surface area is 120 Å². The molecule has 2 unspecified atom stereocenters. The summed E-state index contributed by atoms with van der Waals surface area (Å²) in [5.74, 6) is 0. The molecular weight excluding hydrogens is 255 g/mol. The van der Waals surface area contributed by atoms with E-state index in [2.05, 4.69) is 13.8 Å². The van der Waals surface area contributed by atoms with E-state index in [9.17, 15) is 9.46 Å². The lowest BCUT2D eigenvalue weighted by Gasteiger charge is -2.25. The minimum absolute atomic E-state index is 0.0227. The predicted octanol–water partition coefficient (Wildman–Crippen LogP) is 5.97. The zero-order valence-electron chi connectivity index (χ0n) is 13.5. The van der Waals surface area contributed by atoms with E-state index >= 15 is 0 Å². The summed E-state index contributed by atoms with van der Waals surface area (Å²) >= 11 is 0. The van der Waals surface area contributed by atoms with Crippen LogP contribution in [0.4, 0.5) is 0 Å². The van der Waals surface area contributed by atoms with Gasteiger partial charge in [0.25, 0.3) is 0 Å². The Morgan fingerprint density at radius 2 is 1.16 bits per heavy atom. The average Bonchev–Trinajstić information content (AvgIpc) is 2.39. The van der Waals surface area contributed by atoms with E-state index < -0.39 is 7.37 Å². The third kappa shape index (κ3) is 8.15. The Morgan fingerprint density at radius 3 is 1.47 bits per heavy atom. The third-order valence-electron chi connectivity index (χ3n) is 4.21. The van der Waals surface area contributed by atoms with Crippen molar-refractivity contribution >= 4 is 7.37 Å². The summed E-state index contributed by atoms with van der Waals surface area (Å²) in [7, 11) is -2.97. The highest BCUT2D eigenvalue weighted by Crippen LogP contribution is 2.54. The number of hydrogen-bond donors (Lipinski definition) is 1. The number of unbranched alkanes of at least 4 members (excludes halogenated alkanes) is 6. The minimum Gasteiger partial charge on any atom is -0.344 e. The van der Waals surface area contributed by atoms with Crippen molar-refractivity contribution in [3.8, 4) is 0 Å². The summed E-state index contributed by atoms with van der Waals surface area (Å²) in [4.78, 5) is 10.3. The van der Waals surface area contributed by atoms with Gasteiger partial charge in [0.05, 0.1) is 0 Å². The van der Waals surface area contributed by atoms with Gasteiger partial charge in [-0.2, -0.15) is 0 Å². The lowest BCUT2D eigenvalue weighted by molar-refractivity contribution is 0.438. The first-order valence-corrected chi connectivity index (χ1v) is 10.1. The molecular formula is C16H35O2P. The van der Waals surface area contributed by atoms with Crippen LogP contribution in [0.15, 0.2) is 0 Å². The van der Waals surface area contributed by atoms with Crippen molar-refractivity contribution in [2.24, 2.45) is 0 Å². The molecule has 19 heavy (non-hydrogen) atoms. The van der Waals surface area contributed by atoms with Gasteiger partial charge in [0.15, 0.2) is 0 Å². The van der Waals surface area contributed by atoms with Gasteiger partial charge < -0.3 is 4.89 Å². The summed E-state index contributed by atoms with van der Waals surface area (Å²) < 4.78 is 12.5. The van der Waals surface area contributed by atoms with Gasteiger partial charge in [0.1, 0.15) is 0 Å². The standard InChI is InChI=1S/C16H35O2P/c1-5-7-9-11-13-15(3)19(17,18)16(4)14-12-10-8-6-2/h15-16H,5-14H2,1-4H3,(H,17,18). The molecule has 0 saturated carbocycles. The maximum atomic E-state index is 12.5. The van der Waals surface area contributed by atoms with Gasteiger partial charge in [-0.25, -0.2) is 0 Å². The quantitative estimate of drug-likeness (QED) is 0.355. The fourth-order valence-corrected chi connectivity index (χ4v) is 4.51. The van der Waals surface area contributed by atoms with Crippen molar-refractivity contribution in [2.75, 3.05) is 0 Å². The topological polar surface area (TPSA) is 37.3 Å². The molecule has 0 aromatic rings. The number of rotatable bonds is 12. The molecule has 1 N–H and O–H groups in total. The highest BCUT2D eigenvalue weighted by molar-refractivity contribution is 7.59. The van der Waals surface area contributed by atoms with Crippen molar-refractivity contribution in [2.45, 2.75) is 103 Å². The molecule has 0 rings (SSSR count). The highest BCUT2D eigenvalue weighted by Gasteiger charge is 2.32. The monoisotopic (exact) mass is 290 g/mol. The maximum absolute atomic E-state index is 12.5. The van der Waals surface area contributed by atoms with Crippen LogP contribution in [0.3, 0.4) is 0 Å². The van der Waals surface area contributed by atoms with E-state index in [0.717, 1.165) is 25.7 Å².